The number of aliphatic carboxylic acids is 1. The Morgan fingerprint density at radius 2 is 1.68 bits per heavy atom. The van der Waals surface area contributed by atoms with Crippen molar-refractivity contribution >= 4 is 16.8 Å². The molecule has 3 nitrogen and oxygen atoms in total. The summed E-state index contributed by atoms with van der Waals surface area (Å²) in [6.45, 7) is 0. The maximum absolute atomic E-state index is 12.5. The van der Waals surface area contributed by atoms with Crippen molar-refractivity contribution in [2.45, 2.75) is 55.1 Å². The Morgan fingerprint density at radius 3 is 2.21 bits per heavy atom. The van der Waals surface area contributed by atoms with Gasteiger partial charge in [0.25, 0.3) is 0 Å². The summed E-state index contributed by atoms with van der Waals surface area (Å²) >= 11 is 0. The molecule has 1 atom stereocenters. The van der Waals surface area contributed by atoms with Gasteiger partial charge >= 0.3 is 5.97 Å². The molecule has 19 heavy (non-hydrogen) atoms. The first-order chi connectivity index (χ1) is 9.16. The molecule has 0 amide bonds. The van der Waals surface area contributed by atoms with Gasteiger partial charge < -0.3 is 5.11 Å². The predicted octanol–water partition coefficient (Wildman–Crippen LogP) is 3.14. The highest BCUT2D eigenvalue weighted by atomic mass is 32.2. The maximum atomic E-state index is 12.5. The maximum Gasteiger partial charge on any atom is 0.307 e. The van der Waals surface area contributed by atoms with Gasteiger partial charge in [0, 0.05) is 10.1 Å². The molecule has 0 aliphatic heterocycles. The van der Waals surface area contributed by atoms with Crippen LogP contribution in [0.4, 0.5) is 0 Å². The minimum atomic E-state index is -0.949. The molecule has 0 aromatic heterocycles. The van der Waals surface area contributed by atoms with E-state index in [1.165, 1.54) is 25.7 Å². The van der Waals surface area contributed by atoms with E-state index in [1.807, 2.05) is 12.1 Å². The fourth-order valence-electron chi connectivity index (χ4n) is 2.56. The molecule has 1 aromatic rings. The highest BCUT2D eigenvalue weighted by Gasteiger charge is 2.20. The van der Waals surface area contributed by atoms with Crippen molar-refractivity contribution in [1.29, 1.82) is 0 Å². The molecule has 0 spiro atoms. The lowest BCUT2D eigenvalue weighted by molar-refractivity contribution is -0.136. The third kappa shape index (κ3) is 4.16. The molecule has 0 radical (unpaired) electrons. The van der Waals surface area contributed by atoms with Gasteiger partial charge in [-0.25, -0.2) is 0 Å². The van der Waals surface area contributed by atoms with Crippen molar-refractivity contribution in [2.75, 3.05) is 0 Å². The molecule has 1 aliphatic rings. The van der Waals surface area contributed by atoms with Crippen molar-refractivity contribution in [2.24, 2.45) is 0 Å². The van der Waals surface area contributed by atoms with Crippen LogP contribution in [0.2, 0.25) is 0 Å². The van der Waals surface area contributed by atoms with Crippen LogP contribution in [-0.4, -0.2) is 20.5 Å². The number of carbonyl (C=O) groups is 1. The second kappa shape index (κ2) is 6.85. The van der Waals surface area contributed by atoms with E-state index in [9.17, 15) is 9.00 Å². The molecule has 1 unspecified atom stereocenters. The van der Waals surface area contributed by atoms with Gasteiger partial charge in [-0.1, -0.05) is 37.8 Å². The van der Waals surface area contributed by atoms with Gasteiger partial charge in [-0.3, -0.25) is 9.00 Å². The van der Waals surface area contributed by atoms with E-state index < -0.39 is 16.8 Å². The summed E-state index contributed by atoms with van der Waals surface area (Å²) in [5.41, 5.74) is 0.758. The predicted molar refractivity (Wildman–Crippen MR) is 75.7 cm³/mol. The second-order valence-corrected chi connectivity index (χ2v) is 6.86. The molecule has 1 N–H and O–H groups in total. The van der Waals surface area contributed by atoms with E-state index >= 15 is 0 Å². The largest absolute Gasteiger partial charge is 0.481 e. The smallest absolute Gasteiger partial charge is 0.307 e. The standard InChI is InChI=1S/C15H20O3S/c16-15(17)11-12-7-9-14(10-8-12)19(18)13-5-3-1-2-4-6-13/h7-10,13H,1-6,11H2,(H,16,17). The molecule has 104 valence electrons. The first-order valence-corrected chi connectivity index (χ1v) is 8.09. The van der Waals surface area contributed by atoms with E-state index in [0.717, 1.165) is 23.3 Å². The molecule has 0 bridgehead atoms. The fraction of sp³-hybridized carbons (Fsp3) is 0.533. The van der Waals surface area contributed by atoms with Crippen LogP contribution in [0.15, 0.2) is 29.2 Å². The quantitative estimate of drug-likeness (QED) is 0.862. The van der Waals surface area contributed by atoms with Crippen LogP contribution >= 0.6 is 0 Å². The number of carboxylic acid groups (broad SMARTS) is 1. The van der Waals surface area contributed by atoms with Crippen molar-refractivity contribution in [1.82, 2.24) is 0 Å². The molecular weight excluding hydrogens is 260 g/mol. The molecule has 1 fully saturated rings. The van der Waals surface area contributed by atoms with Gasteiger partial charge in [-0.05, 0) is 30.5 Å². The van der Waals surface area contributed by atoms with E-state index in [2.05, 4.69) is 0 Å². The summed E-state index contributed by atoms with van der Waals surface area (Å²) in [4.78, 5) is 11.4. The molecule has 0 heterocycles. The average molecular weight is 280 g/mol. The third-order valence-electron chi connectivity index (χ3n) is 3.62. The fourth-order valence-corrected chi connectivity index (χ4v) is 4.12. The van der Waals surface area contributed by atoms with Crippen LogP contribution in [0, 0.1) is 0 Å². The third-order valence-corrected chi connectivity index (χ3v) is 5.43. The number of hydrogen-bond acceptors (Lipinski definition) is 2. The van der Waals surface area contributed by atoms with Crippen LogP contribution in [-0.2, 0) is 22.0 Å². The zero-order valence-electron chi connectivity index (χ0n) is 11.0. The summed E-state index contributed by atoms with van der Waals surface area (Å²) in [5.74, 6) is -0.836. The minimum Gasteiger partial charge on any atom is -0.481 e. The van der Waals surface area contributed by atoms with Crippen LogP contribution < -0.4 is 0 Å². The lowest BCUT2D eigenvalue weighted by atomic mass is 10.2. The van der Waals surface area contributed by atoms with Gasteiger partial charge in [0.15, 0.2) is 0 Å². The molecular formula is C15H20O3S. The number of benzene rings is 1. The van der Waals surface area contributed by atoms with Crippen LogP contribution in [0.5, 0.6) is 0 Å². The Morgan fingerprint density at radius 1 is 1.11 bits per heavy atom. The zero-order chi connectivity index (χ0) is 13.7. The van der Waals surface area contributed by atoms with Crippen LogP contribution in [0.25, 0.3) is 0 Å². The number of carboxylic acids is 1. The Bertz CT molecular complexity index is 445. The first kappa shape index (κ1) is 14.3. The Kier molecular flexibility index (Phi) is 5.14. The second-order valence-electron chi connectivity index (χ2n) is 5.13. The van der Waals surface area contributed by atoms with Crippen LogP contribution in [0.1, 0.15) is 44.1 Å². The van der Waals surface area contributed by atoms with Crippen molar-refractivity contribution < 1.29 is 14.1 Å². The lowest BCUT2D eigenvalue weighted by Crippen LogP contribution is -2.14. The first-order valence-electron chi connectivity index (χ1n) is 6.88. The van der Waals surface area contributed by atoms with E-state index in [4.69, 9.17) is 5.11 Å². The van der Waals surface area contributed by atoms with Gasteiger partial charge in [0.05, 0.1) is 17.2 Å². The SMILES string of the molecule is O=C(O)Cc1ccc(S(=O)C2CCCCCC2)cc1. The van der Waals surface area contributed by atoms with Crippen molar-refractivity contribution in [3.8, 4) is 0 Å². The van der Waals surface area contributed by atoms with Gasteiger partial charge in [-0.2, -0.15) is 0 Å². The van der Waals surface area contributed by atoms with E-state index in [1.54, 1.807) is 12.1 Å². The highest BCUT2D eigenvalue weighted by Crippen LogP contribution is 2.25. The molecule has 1 aliphatic carbocycles. The summed E-state index contributed by atoms with van der Waals surface area (Å²) < 4.78 is 12.5. The summed E-state index contributed by atoms with van der Waals surface area (Å²) in [6, 6.07) is 7.19. The molecule has 0 saturated heterocycles. The van der Waals surface area contributed by atoms with Crippen molar-refractivity contribution in [3.63, 3.8) is 0 Å². The zero-order valence-corrected chi connectivity index (χ0v) is 11.8. The number of rotatable bonds is 4. The monoisotopic (exact) mass is 280 g/mol. The minimum absolute atomic E-state index is 0.0242. The van der Waals surface area contributed by atoms with Crippen molar-refractivity contribution in [3.05, 3.63) is 29.8 Å². The summed E-state index contributed by atoms with van der Waals surface area (Å²) in [6.07, 6.45) is 6.97. The highest BCUT2D eigenvalue weighted by molar-refractivity contribution is 7.85. The Labute approximate surface area is 116 Å². The molecule has 2 rings (SSSR count). The van der Waals surface area contributed by atoms with Crippen LogP contribution in [0.3, 0.4) is 0 Å². The Hall–Kier alpha value is -1.16. The van der Waals surface area contributed by atoms with Gasteiger partial charge in [0.2, 0.25) is 0 Å². The van der Waals surface area contributed by atoms with E-state index in [-0.39, 0.29) is 11.7 Å². The molecule has 4 heteroatoms. The van der Waals surface area contributed by atoms with E-state index in [0.29, 0.717) is 0 Å². The van der Waals surface area contributed by atoms with Gasteiger partial charge in [-0.15, -0.1) is 0 Å². The van der Waals surface area contributed by atoms with Gasteiger partial charge in [0.1, 0.15) is 0 Å². The summed E-state index contributed by atoms with van der Waals surface area (Å²) in [7, 11) is -0.949. The topological polar surface area (TPSA) is 54.4 Å². The normalized spacial score (nSPS) is 18.7. The average Bonchev–Trinajstić information content (AvgIpc) is 2.67. The summed E-state index contributed by atoms with van der Waals surface area (Å²) in [5, 5.41) is 8.99. The molecule has 1 saturated carbocycles. The molecule has 1 aromatic carbocycles. The lowest BCUT2D eigenvalue weighted by Gasteiger charge is -2.13. The Balaban J connectivity index is 2.04. The number of hydrogen-bond donors (Lipinski definition) is 1.